The van der Waals surface area contributed by atoms with Crippen LogP contribution in [0.2, 0.25) is 0 Å². The lowest BCUT2D eigenvalue weighted by Crippen LogP contribution is -2.25. The molecule has 0 amide bonds. The minimum atomic E-state index is -4.73. The summed E-state index contributed by atoms with van der Waals surface area (Å²) in [6, 6.07) is 12.3. The number of alkyl halides is 3. The van der Waals surface area contributed by atoms with Crippen molar-refractivity contribution in [3.05, 3.63) is 48.5 Å². The average molecular weight is 511 g/mol. The molecule has 1 unspecified atom stereocenters. The molecular weight excluding hydrogens is 490 g/mol. The number of ether oxygens (including phenoxy) is 3. The molecule has 0 aliphatic carbocycles. The van der Waals surface area contributed by atoms with Gasteiger partial charge in [0.25, 0.3) is 0 Å². The lowest BCUT2D eigenvalue weighted by molar-refractivity contribution is -0.274. The molecule has 0 aliphatic heterocycles. The van der Waals surface area contributed by atoms with Gasteiger partial charge in [0.05, 0.1) is 13.7 Å². The van der Waals surface area contributed by atoms with Crippen LogP contribution in [-0.4, -0.2) is 32.1 Å². The number of halogens is 4. The Hall–Kier alpha value is -2.37. The van der Waals surface area contributed by atoms with Gasteiger partial charge in [0.2, 0.25) is 0 Å². The summed E-state index contributed by atoms with van der Waals surface area (Å²) in [5.41, 5.74) is 6.26. The Morgan fingerprint density at radius 1 is 1.11 bits per heavy atom. The minimum Gasteiger partial charge on any atom is -0.497 e. The van der Waals surface area contributed by atoms with E-state index in [4.69, 9.17) is 15.2 Å². The number of aliphatic imine (C=N–C) groups is 1. The molecule has 2 aromatic rings. The van der Waals surface area contributed by atoms with E-state index in [9.17, 15) is 13.2 Å². The van der Waals surface area contributed by atoms with E-state index in [0.29, 0.717) is 17.2 Å². The Morgan fingerprint density at radius 3 is 2.36 bits per heavy atom. The third-order valence-electron chi connectivity index (χ3n) is 3.26. The Labute approximate surface area is 177 Å². The third kappa shape index (κ3) is 8.55. The fourth-order valence-corrected chi connectivity index (χ4v) is 2.10. The monoisotopic (exact) mass is 511 g/mol. The quantitative estimate of drug-likeness (QED) is 0.328. The number of anilines is 1. The molecule has 0 saturated heterocycles. The van der Waals surface area contributed by atoms with E-state index in [1.807, 2.05) is 19.1 Å². The van der Waals surface area contributed by atoms with E-state index in [1.165, 1.54) is 24.3 Å². The Kier molecular flexibility index (Phi) is 9.16. The molecule has 0 aliphatic rings. The van der Waals surface area contributed by atoms with Crippen LogP contribution >= 0.6 is 24.0 Å². The fraction of sp³-hybridized carbons (Fsp3) is 0.278. The predicted molar refractivity (Wildman–Crippen MR) is 112 cm³/mol. The van der Waals surface area contributed by atoms with Crippen molar-refractivity contribution in [2.24, 2.45) is 10.7 Å². The first-order chi connectivity index (χ1) is 12.7. The largest absolute Gasteiger partial charge is 0.573 e. The first-order valence-electron chi connectivity index (χ1n) is 7.98. The molecule has 0 fully saturated rings. The van der Waals surface area contributed by atoms with Gasteiger partial charge >= 0.3 is 6.36 Å². The fourth-order valence-electron chi connectivity index (χ4n) is 2.10. The van der Waals surface area contributed by atoms with Gasteiger partial charge in [-0.25, -0.2) is 4.99 Å². The Balaban J connectivity index is 0.00000392. The molecule has 0 spiro atoms. The number of nitrogens with one attached hydrogen (secondary N) is 1. The highest BCUT2D eigenvalue weighted by Crippen LogP contribution is 2.24. The molecule has 0 heterocycles. The van der Waals surface area contributed by atoms with E-state index >= 15 is 0 Å². The molecular formula is C18H21F3IN3O3. The summed E-state index contributed by atoms with van der Waals surface area (Å²) in [6.07, 6.45) is -4.98. The molecule has 154 valence electrons. The SMILES string of the molecule is COc1cccc(OC(C)CN=C(N)Nc2ccc(OC(F)(F)F)cc2)c1.I. The van der Waals surface area contributed by atoms with Gasteiger partial charge in [-0.05, 0) is 43.3 Å². The van der Waals surface area contributed by atoms with E-state index in [0.717, 1.165) is 0 Å². The number of benzene rings is 2. The zero-order valence-corrected chi connectivity index (χ0v) is 17.5. The van der Waals surface area contributed by atoms with Gasteiger partial charge in [0.1, 0.15) is 23.4 Å². The second-order valence-corrected chi connectivity index (χ2v) is 5.53. The first kappa shape index (κ1) is 23.7. The zero-order valence-electron chi connectivity index (χ0n) is 15.2. The van der Waals surface area contributed by atoms with Gasteiger partial charge in [0.15, 0.2) is 5.96 Å². The van der Waals surface area contributed by atoms with Crippen molar-refractivity contribution in [2.75, 3.05) is 19.0 Å². The lowest BCUT2D eigenvalue weighted by Gasteiger charge is -2.14. The van der Waals surface area contributed by atoms with E-state index in [-0.39, 0.29) is 48.3 Å². The smallest absolute Gasteiger partial charge is 0.497 e. The summed E-state index contributed by atoms with van der Waals surface area (Å²) in [5, 5.41) is 2.78. The third-order valence-corrected chi connectivity index (χ3v) is 3.26. The number of rotatable bonds is 7. The molecule has 0 radical (unpaired) electrons. The van der Waals surface area contributed by atoms with Gasteiger partial charge in [-0.15, -0.1) is 37.1 Å². The maximum atomic E-state index is 12.1. The van der Waals surface area contributed by atoms with Crippen LogP contribution in [0.1, 0.15) is 6.92 Å². The summed E-state index contributed by atoms with van der Waals surface area (Å²) >= 11 is 0. The van der Waals surface area contributed by atoms with Crippen LogP contribution in [0.15, 0.2) is 53.5 Å². The van der Waals surface area contributed by atoms with Crippen LogP contribution in [-0.2, 0) is 0 Å². The number of nitrogens with two attached hydrogens (primary N) is 1. The van der Waals surface area contributed by atoms with Crippen LogP contribution < -0.4 is 25.3 Å². The van der Waals surface area contributed by atoms with Crippen molar-refractivity contribution in [1.29, 1.82) is 0 Å². The van der Waals surface area contributed by atoms with E-state index in [1.54, 1.807) is 19.2 Å². The summed E-state index contributed by atoms with van der Waals surface area (Å²) in [4.78, 5) is 4.16. The number of guanidine groups is 1. The number of hydrogen-bond donors (Lipinski definition) is 2. The molecule has 28 heavy (non-hydrogen) atoms. The van der Waals surface area contributed by atoms with Crippen molar-refractivity contribution >= 4 is 35.6 Å². The molecule has 2 aromatic carbocycles. The van der Waals surface area contributed by atoms with Gasteiger partial charge in [-0.2, -0.15) is 0 Å². The molecule has 0 bridgehead atoms. The molecule has 0 aromatic heterocycles. The molecule has 10 heteroatoms. The van der Waals surface area contributed by atoms with E-state index in [2.05, 4.69) is 15.0 Å². The van der Waals surface area contributed by atoms with Crippen molar-refractivity contribution in [2.45, 2.75) is 19.4 Å². The van der Waals surface area contributed by atoms with Gasteiger partial charge < -0.3 is 25.3 Å². The zero-order chi connectivity index (χ0) is 19.9. The molecule has 0 saturated carbocycles. The van der Waals surface area contributed by atoms with Crippen LogP contribution in [0.25, 0.3) is 0 Å². The molecule has 6 nitrogen and oxygen atoms in total. The maximum Gasteiger partial charge on any atom is 0.573 e. The summed E-state index contributed by atoms with van der Waals surface area (Å²) < 4.78 is 51.0. The topological polar surface area (TPSA) is 78.1 Å². The molecule has 2 rings (SSSR count). The van der Waals surface area contributed by atoms with Gasteiger partial charge in [-0.1, -0.05) is 6.07 Å². The van der Waals surface area contributed by atoms with Crippen molar-refractivity contribution in [3.63, 3.8) is 0 Å². The Morgan fingerprint density at radius 2 is 1.75 bits per heavy atom. The number of hydrogen-bond acceptors (Lipinski definition) is 4. The molecule has 3 N–H and O–H groups in total. The van der Waals surface area contributed by atoms with Crippen LogP contribution in [0.4, 0.5) is 18.9 Å². The Bertz CT molecular complexity index is 771. The summed E-state index contributed by atoms with van der Waals surface area (Å²) in [5.74, 6) is 1.12. The van der Waals surface area contributed by atoms with Crippen molar-refractivity contribution in [3.8, 4) is 17.2 Å². The van der Waals surface area contributed by atoms with Crippen LogP contribution in [0.5, 0.6) is 17.2 Å². The van der Waals surface area contributed by atoms with Gasteiger partial charge in [0, 0.05) is 11.8 Å². The van der Waals surface area contributed by atoms with Crippen LogP contribution in [0, 0.1) is 0 Å². The average Bonchev–Trinajstić information content (AvgIpc) is 2.60. The standard InChI is InChI=1S/C18H20F3N3O3.HI/c1-12(26-16-5-3-4-15(10-16)25-2)11-23-17(22)24-13-6-8-14(9-7-13)27-18(19,20)21;/h3-10,12H,11H2,1-2H3,(H3,22,23,24);1H. The first-order valence-corrected chi connectivity index (χ1v) is 7.98. The summed E-state index contributed by atoms with van der Waals surface area (Å²) in [6.45, 7) is 2.12. The van der Waals surface area contributed by atoms with Crippen molar-refractivity contribution < 1.29 is 27.4 Å². The van der Waals surface area contributed by atoms with Crippen LogP contribution in [0.3, 0.4) is 0 Å². The number of nitrogens with zero attached hydrogens (tertiary/aromatic N) is 1. The second-order valence-electron chi connectivity index (χ2n) is 5.53. The highest BCUT2D eigenvalue weighted by Gasteiger charge is 2.30. The molecule has 1 atom stereocenters. The van der Waals surface area contributed by atoms with Crippen molar-refractivity contribution in [1.82, 2.24) is 0 Å². The maximum absolute atomic E-state index is 12.1. The number of methoxy groups -OCH3 is 1. The van der Waals surface area contributed by atoms with Gasteiger partial charge in [-0.3, -0.25) is 0 Å². The highest BCUT2D eigenvalue weighted by molar-refractivity contribution is 14.0. The normalized spacial score (nSPS) is 12.5. The summed E-state index contributed by atoms with van der Waals surface area (Å²) in [7, 11) is 1.57. The predicted octanol–water partition coefficient (Wildman–Crippen LogP) is 4.41. The minimum absolute atomic E-state index is 0. The van der Waals surface area contributed by atoms with E-state index < -0.39 is 6.36 Å². The highest BCUT2D eigenvalue weighted by atomic mass is 127. The second kappa shape index (κ2) is 10.8. The lowest BCUT2D eigenvalue weighted by atomic mass is 10.3.